The number of nitrogens with zero attached hydrogens (tertiary/aromatic N) is 1. The third kappa shape index (κ3) is 1.02. The quantitative estimate of drug-likeness (QED) is 0.539. The Kier molecular flexibility index (Phi) is 1.63. The maximum Gasteiger partial charge on any atom is 0.285 e. The lowest BCUT2D eigenvalue weighted by Crippen LogP contribution is -2.48. The third-order valence-corrected chi connectivity index (χ3v) is 2.87. The molecule has 4 heteroatoms. The normalized spacial score (nSPS) is 27.7. The molecule has 0 aromatic carbocycles. The number of rotatable bonds is 0. The van der Waals surface area contributed by atoms with E-state index in [9.17, 15) is 9.70 Å². The van der Waals surface area contributed by atoms with Gasteiger partial charge < -0.3 is 0 Å². The first-order valence-electron chi connectivity index (χ1n) is 4.49. The van der Waals surface area contributed by atoms with Crippen molar-refractivity contribution in [2.45, 2.75) is 37.6 Å². The Hall–Kier alpha value is -0.930. The number of carbonyl (C=O) groups excluding carboxylic acids is 1. The molecule has 12 heavy (non-hydrogen) atoms. The van der Waals surface area contributed by atoms with E-state index < -0.39 is 5.54 Å². The zero-order valence-corrected chi connectivity index (χ0v) is 7.01. The third-order valence-electron chi connectivity index (χ3n) is 2.87. The Bertz CT molecular complexity index is 231. The van der Waals surface area contributed by atoms with Crippen LogP contribution in [0.25, 0.3) is 0 Å². The Balaban J connectivity index is 2.18. The Morgan fingerprint density at radius 3 is 2.42 bits per heavy atom. The number of ketones is 1. The molecule has 0 aromatic heterocycles. The number of Topliss-reactive ketones (excluding diaryl/α,β-unsaturated/α-hetero) is 1. The molecule has 1 N–H and O–H groups in total. The van der Waals surface area contributed by atoms with Crippen molar-refractivity contribution in [1.82, 2.24) is 5.43 Å². The van der Waals surface area contributed by atoms with Gasteiger partial charge in [0.05, 0.1) is 4.91 Å². The van der Waals surface area contributed by atoms with Gasteiger partial charge in [-0.1, -0.05) is 19.3 Å². The second kappa shape index (κ2) is 2.54. The summed E-state index contributed by atoms with van der Waals surface area (Å²) in [5, 5.41) is 0. The average Bonchev–Trinajstić information content (AvgIpc) is 2.29. The van der Waals surface area contributed by atoms with E-state index in [2.05, 4.69) is 5.43 Å². The van der Waals surface area contributed by atoms with E-state index in [0.29, 0.717) is 4.87 Å². The highest BCUT2D eigenvalue weighted by atomic mass is 16.3. The minimum absolute atomic E-state index is 0.0278. The second-order valence-corrected chi connectivity index (χ2v) is 3.71. The van der Waals surface area contributed by atoms with Gasteiger partial charge in [-0.25, -0.2) is 0 Å². The molecule has 1 saturated heterocycles. The summed E-state index contributed by atoms with van der Waals surface area (Å²) < 4.78 is 0. The first-order valence-corrected chi connectivity index (χ1v) is 4.49. The van der Waals surface area contributed by atoms with E-state index >= 15 is 0 Å². The van der Waals surface area contributed by atoms with Crippen LogP contribution in [-0.4, -0.2) is 22.7 Å². The first kappa shape index (κ1) is 7.71. The van der Waals surface area contributed by atoms with Crippen LogP contribution in [0, 0.1) is 4.91 Å². The minimum Gasteiger partial charge on any atom is -0.289 e. The van der Waals surface area contributed by atoms with Crippen LogP contribution in [0.2, 0.25) is 0 Å². The molecule has 0 aromatic rings. The molecule has 1 heterocycles. The summed E-state index contributed by atoms with van der Waals surface area (Å²) >= 11 is 0. The van der Waals surface area contributed by atoms with Crippen molar-refractivity contribution in [2.24, 2.45) is 0 Å². The largest absolute Gasteiger partial charge is 0.289 e. The van der Waals surface area contributed by atoms with Crippen LogP contribution >= 0.6 is 0 Å². The van der Waals surface area contributed by atoms with Gasteiger partial charge in [0.1, 0.15) is 4.87 Å². The topological polar surface area (TPSA) is 49.2 Å². The Labute approximate surface area is 70.9 Å². The molecule has 66 valence electrons. The summed E-state index contributed by atoms with van der Waals surface area (Å²) in [6.07, 6.45) is 4.99. The highest BCUT2D eigenvalue weighted by molar-refractivity contribution is 5.90. The van der Waals surface area contributed by atoms with Crippen molar-refractivity contribution in [3.63, 3.8) is 0 Å². The van der Waals surface area contributed by atoms with E-state index in [4.69, 9.17) is 0 Å². The lowest BCUT2D eigenvalue weighted by molar-refractivity contribution is -0.590. The summed E-state index contributed by atoms with van der Waals surface area (Å²) in [5.41, 5.74) is 2.27. The first-order chi connectivity index (χ1) is 5.73. The van der Waals surface area contributed by atoms with Crippen LogP contribution in [0.1, 0.15) is 32.1 Å². The molecular formula is C8H13N2O2+. The van der Waals surface area contributed by atoms with Crippen molar-refractivity contribution in [1.29, 1.82) is 0 Å². The summed E-state index contributed by atoms with van der Waals surface area (Å²) in [6.45, 7) is 0.0278. The number of nitrogens with one attached hydrogen (secondary N) is 1. The maximum absolute atomic E-state index is 11.5. The monoisotopic (exact) mass is 169 g/mol. The number of hydrazine groups is 1. The summed E-state index contributed by atoms with van der Waals surface area (Å²) in [4.78, 5) is 23.0. The molecule has 4 nitrogen and oxygen atoms in total. The van der Waals surface area contributed by atoms with Gasteiger partial charge >= 0.3 is 0 Å². The van der Waals surface area contributed by atoms with E-state index in [-0.39, 0.29) is 12.3 Å². The van der Waals surface area contributed by atoms with Crippen LogP contribution in [0.3, 0.4) is 0 Å². The lowest BCUT2D eigenvalue weighted by atomic mass is 9.80. The van der Waals surface area contributed by atoms with Gasteiger partial charge in [0.25, 0.3) is 6.54 Å². The molecule has 0 unspecified atom stereocenters. The van der Waals surface area contributed by atoms with E-state index in [1.54, 1.807) is 0 Å². The number of hydrogen-bond acceptors (Lipinski definition) is 2. The second-order valence-electron chi connectivity index (χ2n) is 3.71. The van der Waals surface area contributed by atoms with Gasteiger partial charge in [-0.05, 0) is 12.8 Å². The number of carbonyl (C=O) groups is 1. The number of hydrogen-bond donors (Lipinski definition) is 1. The zero-order valence-electron chi connectivity index (χ0n) is 7.01. The van der Waals surface area contributed by atoms with Crippen molar-refractivity contribution in [2.75, 3.05) is 6.54 Å². The van der Waals surface area contributed by atoms with Gasteiger partial charge in [0, 0.05) is 0 Å². The van der Waals surface area contributed by atoms with Crippen LogP contribution in [0.15, 0.2) is 0 Å². The number of nitroso groups, excluding NO2 is 1. The van der Waals surface area contributed by atoms with Gasteiger partial charge in [-0.2, -0.15) is 0 Å². The molecule has 1 aliphatic heterocycles. The molecule has 0 bridgehead atoms. The van der Waals surface area contributed by atoms with Crippen molar-refractivity contribution < 1.29 is 9.66 Å². The molecule has 0 radical (unpaired) electrons. The molecule has 0 amide bonds. The SMILES string of the molecule is O=C1C[N+](=O)NC12CCCCC2. The average molecular weight is 169 g/mol. The smallest absolute Gasteiger partial charge is 0.285 e. The fourth-order valence-corrected chi connectivity index (χ4v) is 2.17. The van der Waals surface area contributed by atoms with Crippen LogP contribution in [-0.2, 0) is 4.79 Å². The summed E-state index contributed by atoms with van der Waals surface area (Å²) in [7, 11) is 0. The zero-order chi connectivity index (χ0) is 8.60. The van der Waals surface area contributed by atoms with E-state index in [0.717, 1.165) is 25.7 Å². The predicted molar refractivity (Wildman–Crippen MR) is 42.5 cm³/mol. The van der Waals surface area contributed by atoms with Gasteiger partial charge in [0.2, 0.25) is 5.78 Å². The fraction of sp³-hybridized carbons (Fsp3) is 0.875. The van der Waals surface area contributed by atoms with Crippen molar-refractivity contribution in [3.05, 3.63) is 4.91 Å². The standard InChI is InChI=1S/C8H13N2O2/c11-7-6-10(12)9-8(7)4-2-1-3-5-8/h1-6H2,(H,9,12)/q+1. The van der Waals surface area contributed by atoms with Crippen molar-refractivity contribution >= 4 is 5.78 Å². The van der Waals surface area contributed by atoms with Crippen LogP contribution in [0.5, 0.6) is 0 Å². The highest BCUT2D eigenvalue weighted by Gasteiger charge is 2.51. The Morgan fingerprint density at radius 1 is 1.25 bits per heavy atom. The fourth-order valence-electron chi connectivity index (χ4n) is 2.17. The highest BCUT2D eigenvalue weighted by Crippen LogP contribution is 2.31. The predicted octanol–water partition coefficient (Wildman–Crippen LogP) is 0.555. The molecule has 1 aliphatic carbocycles. The molecule has 1 spiro atoms. The van der Waals surface area contributed by atoms with Crippen LogP contribution in [0.4, 0.5) is 0 Å². The molecule has 1 saturated carbocycles. The molecule has 2 fully saturated rings. The van der Waals surface area contributed by atoms with Crippen LogP contribution < -0.4 is 5.43 Å². The van der Waals surface area contributed by atoms with E-state index in [1.165, 1.54) is 6.42 Å². The van der Waals surface area contributed by atoms with Gasteiger partial charge in [0.15, 0.2) is 5.54 Å². The lowest BCUT2D eigenvalue weighted by Gasteiger charge is -2.26. The van der Waals surface area contributed by atoms with Gasteiger partial charge in [-0.15, -0.1) is 5.43 Å². The Morgan fingerprint density at radius 2 is 1.92 bits per heavy atom. The minimum atomic E-state index is -0.472. The van der Waals surface area contributed by atoms with Crippen molar-refractivity contribution in [3.8, 4) is 0 Å². The molecule has 0 atom stereocenters. The van der Waals surface area contributed by atoms with E-state index in [1.807, 2.05) is 0 Å². The molecule has 2 rings (SSSR count). The molecule has 2 aliphatic rings. The molecular weight excluding hydrogens is 156 g/mol. The van der Waals surface area contributed by atoms with Gasteiger partial charge in [-0.3, -0.25) is 4.79 Å². The summed E-state index contributed by atoms with van der Waals surface area (Å²) in [6, 6.07) is 0. The maximum atomic E-state index is 11.5. The summed E-state index contributed by atoms with van der Waals surface area (Å²) in [5.74, 6) is 0.0807.